The standard InChI is InChI=1S/C39H35N5O4S/c45-25-27-15-17-29(18-16-27)36-23-34(26-49-39-41-42-43-44(39)33-12-5-2-6-13-33)47-38(48-36)31-21-19-28(20-22-31)35-14-8-7-11-32(35)24-40-37(46)30-9-3-1-4-10-30/h1-22,34,36,38,45H,23-26H2,(H,40,46)/t34-,36+,38+/m0/s1. The van der Waals surface area contributed by atoms with E-state index in [1.807, 2.05) is 103 Å². The molecule has 49 heavy (non-hydrogen) atoms. The summed E-state index contributed by atoms with van der Waals surface area (Å²) in [6.45, 7) is 0.395. The molecule has 2 N–H and O–H groups in total. The van der Waals surface area contributed by atoms with Crippen LogP contribution in [0.25, 0.3) is 16.8 Å². The lowest BCUT2D eigenvalue weighted by Gasteiger charge is -2.36. The van der Waals surface area contributed by atoms with Crippen molar-refractivity contribution in [2.45, 2.75) is 43.2 Å². The van der Waals surface area contributed by atoms with Crippen molar-refractivity contribution in [3.05, 3.63) is 161 Å². The zero-order valence-electron chi connectivity index (χ0n) is 26.6. The average Bonchev–Trinajstić information content (AvgIpc) is 3.66. The highest BCUT2D eigenvalue weighted by atomic mass is 32.2. The number of ether oxygens (including phenoxy) is 2. The van der Waals surface area contributed by atoms with Crippen molar-refractivity contribution in [2.75, 3.05) is 5.75 Å². The van der Waals surface area contributed by atoms with Gasteiger partial charge in [-0.25, -0.2) is 0 Å². The number of rotatable bonds is 11. The number of aromatic nitrogens is 4. The number of hydrogen-bond acceptors (Lipinski definition) is 8. The lowest BCUT2D eigenvalue weighted by atomic mass is 9.97. The normalized spacial score (nSPS) is 17.4. The van der Waals surface area contributed by atoms with Crippen LogP contribution < -0.4 is 5.32 Å². The Morgan fingerprint density at radius 3 is 2.27 bits per heavy atom. The van der Waals surface area contributed by atoms with Crippen molar-refractivity contribution in [1.82, 2.24) is 25.5 Å². The Morgan fingerprint density at radius 1 is 0.816 bits per heavy atom. The number of nitrogens with one attached hydrogen (secondary N) is 1. The number of hydrogen-bond donors (Lipinski definition) is 2. The topological polar surface area (TPSA) is 111 Å². The molecule has 0 aliphatic carbocycles. The van der Waals surface area contributed by atoms with Crippen molar-refractivity contribution < 1.29 is 19.4 Å². The number of thioether (sulfide) groups is 1. The van der Waals surface area contributed by atoms with Crippen molar-refractivity contribution in [2.24, 2.45) is 0 Å². The zero-order valence-corrected chi connectivity index (χ0v) is 27.4. The highest BCUT2D eigenvalue weighted by Gasteiger charge is 2.32. The van der Waals surface area contributed by atoms with E-state index in [2.05, 4.69) is 39.0 Å². The molecule has 1 aliphatic rings. The number of carbonyl (C=O) groups is 1. The predicted molar refractivity (Wildman–Crippen MR) is 188 cm³/mol. The second kappa shape index (κ2) is 15.4. The van der Waals surface area contributed by atoms with Crippen molar-refractivity contribution in [1.29, 1.82) is 0 Å². The summed E-state index contributed by atoms with van der Waals surface area (Å²) in [7, 11) is 0. The van der Waals surface area contributed by atoms with E-state index in [9.17, 15) is 9.90 Å². The summed E-state index contributed by atoms with van der Waals surface area (Å²) in [5.74, 6) is 0.514. The molecule has 1 aromatic heterocycles. The summed E-state index contributed by atoms with van der Waals surface area (Å²) in [4.78, 5) is 12.7. The number of nitrogens with zero attached hydrogens (tertiary/aromatic N) is 4. The summed E-state index contributed by atoms with van der Waals surface area (Å²) in [5.41, 5.74) is 7.39. The average molecular weight is 670 g/mol. The molecule has 0 unspecified atom stereocenters. The molecular formula is C39H35N5O4S. The molecular weight excluding hydrogens is 635 g/mol. The maximum absolute atomic E-state index is 12.7. The number of amides is 1. The van der Waals surface area contributed by atoms with Gasteiger partial charge < -0.3 is 19.9 Å². The number of benzene rings is 5. The van der Waals surface area contributed by atoms with E-state index in [-0.39, 0.29) is 24.7 Å². The van der Waals surface area contributed by atoms with Gasteiger partial charge in [-0.2, -0.15) is 4.68 Å². The molecule has 0 saturated carbocycles. The van der Waals surface area contributed by atoms with Gasteiger partial charge >= 0.3 is 0 Å². The first-order valence-electron chi connectivity index (χ1n) is 16.1. The van der Waals surface area contributed by atoms with Crippen LogP contribution in [0.15, 0.2) is 139 Å². The molecule has 0 bridgehead atoms. The molecule has 1 amide bonds. The molecule has 10 heteroatoms. The molecule has 2 heterocycles. The van der Waals surface area contributed by atoms with E-state index in [0.717, 1.165) is 39.1 Å². The number of carbonyl (C=O) groups excluding carboxylic acids is 1. The second-order valence-electron chi connectivity index (χ2n) is 11.7. The Kier molecular flexibility index (Phi) is 10.2. The highest BCUT2D eigenvalue weighted by molar-refractivity contribution is 7.99. The number of aliphatic hydroxyl groups excluding tert-OH is 1. The number of aliphatic hydroxyl groups is 1. The van der Waals surface area contributed by atoms with Gasteiger partial charge in [0, 0.05) is 29.8 Å². The van der Waals surface area contributed by atoms with Gasteiger partial charge in [-0.05, 0) is 62.5 Å². The van der Waals surface area contributed by atoms with Gasteiger partial charge in [-0.15, -0.1) is 5.10 Å². The molecule has 5 aromatic carbocycles. The Hall–Kier alpha value is -5.13. The molecule has 246 valence electrons. The summed E-state index contributed by atoms with van der Waals surface area (Å²) in [6, 6.07) is 43.2. The minimum atomic E-state index is -0.596. The summed E-state index contributed by atoms with van der Waals surface area (Å²) in [6.07, 6.45) is -0.312. The van der Waals surface area contributed by atoms with Crippen LogP contribution in [0, 0.1) is 0 Å². The molecule has 3 atom stereocenters. The quantitative estimate of drug-likeness (QED) is 0.141. The SMILES string of the molecule is O=C(NCc1ccccc1-c1ccc([C@@H]2O[C@H](CSc3nnnn3-c3ccccc3)C[C@H](c3ccc(CO)cc3)O2)cc1)c1ccccc1. The van der Waals surface area contributed by atoms with E-state index < -0.39 is 6.29 Å². The van der Waals surface area contributed by atoms with Crippen molar-refractivity contribution >= 4 is 17.7 Å². The number of para-hydroxylation sites is 1. The first-order valence-corrected chi connectivity index (χ1v) is 17.1. The van der Waals surface area contributed by atoms with Gasteiger partial charge in [0.05, 0.1) is 24.5 Å². The minimum Gasteiger partial charge on any atom is -0.392 e. The molecule has 0 radical (unpaired) electrons. The molecule has 7 rings (SSSR count). The maximum Gasteiger partial charge on any atom is 0.251 e. The third-order valence-corrected chi connectivity index (χ3v) is 9.49. The number of tetrazole rings is 1. The molecule has 0 spiro atoms. The third kappa shape index (κ3) is 7.79. The second-order valence-corrected chi connectivity index (χ2v) is 12.7. The van der Waals surface area contributed by atoms with Crippen LogP contribution in [0.5, 0.6) is 0 Å². The van der Waals surface area contributed by atoms with E-state index in [1.165, 1.54) is 0 Å². The van der Waals surface area contributed by atoms with E-state index in [1.54, 1.807) is 28.6 Å². The van der Waals surface area contributed by atoms with Crippen LogP contribution in [0.2, 0.25) is 0 Å². The summed E-state index contributed by atoms with van der Waals surface area (Å²) < 4.78 is 14.9. The van der Waals surface area contributed by atoms with Crippen molar-refractivity contribution in [3.8, 4) is 16.8 Å². The monoisotopic (exact) mass is 669 g/mol. The predicted octanol–water partition coefficient (Wildman–Crippen LogP) is 7.09. The van der Waals surface area contributed by atoms with Gasteiger partial charge in [-0.1, -0.05) is 121 Å². The van der Waals surface area contributed by atoms with Crippen LogP contribution in [0.3, 0.4) is 0 Å². The highest BCUT2D eigenvalue weighted by Crippen LogP contribution is 2.40. The fourth-order valence-electron chi connectivity index (χ4n) is 5.83. The first-order chi connectivity index (χ1) is 24.1. The van der Waals surface area contributed by atoms with Gasteiger partial charge in [0.2, 0.25) is 5.16 Å². The fourth-order valence-corrected chi connectivity index (χ4v) is 6.74. The van der Waals surface area contributed by atoms with Gasteiger partial charge in [0.1, 0.15) is 0 Å². The molecule has 1 fully saturated rings. The Bertz CT molecular complexity index is 1970. The molecule has 1 aliphatic heterocycles. The largest absolute Gasteiger partial charge is 0.392 e. The van der Waals surface area contributed by atoms with Crippen LogP contribution in [0.4, 0.5) is 0 Å². The Morgan fingerprint density at radius 2 is 1.51 bits per heavy atom. The van der Waals surface area contributed by atoms with Crippen molar-refractivity contribution in [3.63, 3.8) is 0 Å². The zero-order chi connectivity index (χ0) is 33.4. The minimum absolute atomic E-state index is 0.0121. The molecule has 6 aromatic rings. The fraction of sp³-hybridized carbons (Fsp3) is 0.179. The van der Waals surface area contributed by atoms with Gasteiger partial charge in [0.15, 0.2) is 6.29 Å². The Balaban J connectivity index is 1.09. The first kappa shape index (κ1) is 32.4. The maximum atomic E-state index is 12.7. The van der Waals surface area contributed by atoms with Crippen LogP contribution in [-0.4, -0.2) is 43.1 Å². The lowest BCUT2D eigenvalue weighted by molar-refractivity contribution is -0.245. The molecule has 1 saturated heterocycles. The van der Waals surface area contributed by atoms with Gasteiger partial charge in [0.25, 0.3) is 5.91 Å². The summed E-state index contributed by atoms with van der Waals surface area (Å²) in [5, 5.41) is 25.7. The van der Waals surface area contributed by atoms with E-state index >= 15 is 0 Å². The van der Waals surface area contributed by atoms with Crippen LogP contribution in [0.1, 0.15) is 51.4 Å². The lowest BCUT2D eigenvalue weighted by Crippen LogP contribution is -2.31. The summed E-state index contributed by atoms with van der Waals surface area (Å²) >= 11 is 1.55. The third-order valence-electron chi connectivity index (χ3n) is 8.44. The van der Waals surface area contributed by atoms with Gasteiger partial charge in [-0.3, -0.25) is 4.79 Å². The van der Waals surface area contributed by atoms with E-state index in [4.69, 9.17) is 9.47 Å². The smallest absolute Gasteiger partial charge is 0.251 e. The van der Waals surface area contributed by atoms with Crippen LogP contribution >= 0.6 is 11.8 Å². The molecule has 9 nitrogen and oxygen atoms in total. The van der Waals surface area contributed by atoms with E-state index in [0.29, 0.717) is 29.4 Å². The van der Waals surface area contributed by atoms with Crippen LogP contribution in [-0.2, 0) is 22.6 Å². The Labute approximate surface area is 288 Å².